The van der Waals surface area contributed by atoms with Crippen LogP contribution in [-0.4, -0.2) is 23.1 Å². The molecule has 0 aromatic heterocycles. The second-order valence-electron chi connectivity index (χ2n) is 8.31. The van der Waals surface area contributed by atoms with Crippen LogP contribution in [0.5, 0.6) is 0 Å². The molecule has 0 fully saturated rings. The highest BCUT2D eigenvalue weighted by molar-refractivity contribution is 6.34. The summed E-state index contributed by atoms with van der Waals surface area (Å²) in [6.07, 6.45) is 0. The van der Waals surface area contributed by atoms with Crippen molar-refractivity contribution in [3.8, 4) is 11.1 Å². The van der Waals surface area contributed by atoms with Gasteiger partial charge in [0, 0.05) is 44.8 Å². The van der Waals surface area contributed by atoms with E-state index in [-0.39, 0.29) is 79.0 Å². The number of ketones is 4. The van der Waals surface area contributed by atoms with Crippen LogP contribution in [0, 0.1) is 0 Å². The van der Waals surface area contributed by atoms with E-state index in [9.17, 15) is 19.2 Å². The van der Waals surface area contributed by atoms with Crippen molar-refractivity contribution in [3.05, 3.63) is 117 Å². The first kappa shape index (κ1) is 22.9. The Morgan fingerprint density at radius 1 is 0.389 bits per heavy atom. The van der Waals surface area contributed by atoms with Crippen LogP contribution in [-0.2, 0) is 0 Å². The molecule has 0 atom stereocenters. The molecule has 2 aliphatic rings. The van der Waals surface area contributed by atoms with E-state index in [1.165, 1.54) is 0 Å². The Morgan fingerprint density at radius 3 is 0.972 bits per heavy atom. The molecule has 4 N–H and O–H groups in total. The fourth-order valence-corrected chi connectivity index (χ4v) is 4.94. The Bertz CT molecular complexity index is 1530. The second kappa shape index (κ2) is 8.43. The Balaban J connectivity index is 0.00000130. The highest BCUT2D eigenvalue weighted by atomic mass is 16.1. The Morgan fingerprint density at radius 2 is 0.667 bits per heavy atom. The molecule has 36 heavy (non-hydrogen) atoms. The van der Waals surface area contributed by atoms with Gasteiger partial charge in [-0.2, -0.15) is 0 Å². The number of anilines is 2. The molecule has 4 aromatic carbocycles. The molecule has 0 amide bonds. The van der Waals surface area contributed by atoms with E-state index in [2.05, 4.69) is 0 Å². The van der Waals surface area contributed by atoms with Crippen molar-refractivity contribution in [1.82, 2.24) is 0 Å². The molecule has 0 spiro atoms. The van der Waals surface area contributed by atoms with E-state index in [1.54, 1.807) is 72.8 Å². The number of hydrogen-bond acceptors (Lipinski definition) is 6. The lowest BCUT2D eigenvalue weighted by atomic mass is 9.76. The lowest BCUT2D eigenvalue weighted by Gasteiger charge is -2.25. The van der Waals surface area contributed by atoms with Crippen LogP contribution < -0.4 is 11.5 Å². The zero-order valence-electron chi connectivity index (χ0n) is 19.7. The van der Waals surface area contributed by atoms with Gasteiger partial charge in [0.25, 0.3) is 0 Å². The third-order valence-corrected chi connectivity index (χ3v) is 6.51. The van der Waals surface area contributed by atoms with Gasteiger partial charge in [0.1, 0.15) is 0 Å². The van der Waals surface area contributed by atoms with E-state index < -0.39 is 0 Å². The lowest BCUT2D eigenvalue weighted by Crippen LogP contribution is -2.25. The first-order valence-corrected chi connectivity index (χ1v) is 11.6. The van der Waals surface area contributed by atoms with Gasteiger partial charge in [-0.25, -0.2) is 0 Å². The minimum absolute atomic E-state index is 0.0989. The molecule has 0 radical (unpaired) electrons. The number of carbonyl (C=O) groups excluding carboxylic acids is 4. The molecular weight excluding hydrogens is 452 g/mol. The van der Waals surface area contributed by atoms with Gasteiger partial charge in [0.05, 0.1) is 11.1 Å². The Kier molecular flexibility index (Phi) is 5.37. The first-order valence-electron chi connectivity index (χ1n) is 11.6. The molecule has 4 aromatic rings. The molecule has 0 unspecified atom stereocenters. The summed E-state index contributed by atoms with van der Waals surface area (Å²) in [6, 6.07) is 19.4. The molecule has 6 heteroatoms. The van der Waals surface area contributed by atoms with Crippen molar-refractivity contribution < 1.29 is 19.2 Å². The summed E-state index contributed by atoms with van der Waals surface area (Å²) in [5.74, 6) is -1.45. The number of fused-ring (bicyclic) bond motifs is 4. The van der Waals surface area contributed by atoms with Gasteiger partial charge >= 0.3 is 0 Å². The summed E-state index contributed by atoms with van der Waals surface area (Å²) >= 11 is 0. The highest BCUT2D eigenvalue weighted by Gasteiger charge is 2.37. The molecular formula is C30H22N2O4. The largest absolute Gasteiger partial charge is 0.398 e. The van der Waals surface area contributed by atoms with Crippen LogP contribution in [0.15, 0.2) is 72.8 Å². The molecule has 176 valence electrons. The summed E-state index contributed by atoms with van der Waals surface area (Å²) in [4.78, 5) is 53.8. The van der Waals surface area contributed by atoms with Crippen molar-refractivity contribution in [2.24, 2.45) is 0 Å². The summed E-state index contributed by atoms with van der Waals surface area (Å²) in [5, 5.41) is 0. The third-order valence-electron chi connectivity index (χ3n) is 6.51. The Hall–Kier alpha value is -4.84. The maximum Gasteiger partial charge on any atom is 0.196 e. The van der Waals surface area contributed by atoms with Crippen LogP contribution >= 0.6 is 0 Å². The van der Waals surface area contributed by atoms with Crippen molar-refractivity contribution >= 4 is 34.5 Å². The smallest absolute Gasteiger partial charge is 0.196 e. The van der Waals surface area contributed by atoms with Crippen LogP contribution in [0.4, 0.5) is 11.4 Å². The summed E-state index contributed by atoms with van der Waals surface area (Å²) in [7, 11) is 0. The van der Waals surface area contributed by atoms with Gasteiger partial charge < -0.3 is 11.5 Å². The van der Waals surface area contributed by atoms with Gasteiger partial charge in [-0.15, -0.1) is 0 Å². The maximum atomic E-state index is 13.6. The number of carbonyl (C=O) groups is 4. The number of benzene rings is 4. The molecule has 0 aliphatic heterocycles. The maximum absolute atomic E-state index is 13.6. The third kappa shape index (κ3) is 3.04. The molecule has 6 rings (SSSR count). The molecule has 0 saturated carbocycles. The number of hydrogen-bond donors (Lipinski definition) is 2. The van der Waals surface area contributed by atoms with Gasteiger partial charge in [-0.1, -0.05) is 74.5 Å². The zero-order chi connectivity index (χ0) is 25.7. The fraction of sp³-hybridized carbons (Fsp3) is 0.0667. The lowest BCUT2D eigenvalue weighted by molar-refractivity contribution is 0.0978. The molecule has 0 saturated heterocycles. The van der Waals surface area contributed by atoms with Gasteiger partial charge in [-0.3, -0.25) is 19.2 Å². The van der Waals surface area contributed by atoms with Gasteiger partial charge in [-0.05, 0) is 23.3 Å². The van der Waals surface area contributed by atoms with Gasteiger partial charge in [0.15, 0.2) is 23.1 Å². The van der Waals surface area contributed by atoms with E-state index >= 15 is 0 Å². The summed E-state index contributed by atoms with van der Waals surface area (Å²) in [5.41, 5.74) is 14.9. The van der Waals surface area contributed by atoms with E-state index in [4.69, 9.17) is 11.5 Å². The number of nitrogen functional groups attached to an aromatic ring is 2. The van der Waals surface area contributed by atoms with E-state index in [0.29, 0.717) is 11.1 Å². The number of rotatable bonds is 1. The van der Waals surface area contributed by atoms with Crippen LogP contribution in [0.1, 0.15) is 77.5 Å². The molecule has 0 heterocycles. The van der Waals surface area contributed by atoms with Crippen molar-refractivity contribution in [2.75, 3.05) is 11.5 Å². The van der Waals surface area contributed by atoms with Crippen molar-refractivity contribution in [3.63, 3.8) is 0 Å². The quantitative estimate of drug-likeness (QED) is 0.320. The Labute approximate surface area is 207 Å². The normalized spacial score (nSPS) is 13.2. The average molecular weight is 475 g/mol. The molecule has 0 bridgehead atoms. The first-order chi connectivity index (χ1) is 17.4. The van der Waals surface area contributed by atoms with Crippen molar-refractivity contribution in [2.45, 2.75) is 13.8 Å². The number of nitrogens with two attached hydrogens (primary N) is 2. The van der Waals surface area contributed by atoms with E-state index in [0.717, 1.165) is 0 Å². The van der Waals surface area contributed by atoms with Gasteiger partial charge in [0.2, 0.25) is 0 Å². The molecule has 2 aliphatic carbocycles. The minimum Gasteiger partial charge on any atom is -0.398 e. The van der Waals surface area contributed by atoms with Crippen molar-refractivity contribution in [1.29, 1.82) is 0 Å². The SMILES string of the molecule is CC.Nc1ccc(-c2ccc(N)c3c2C(=O)c2ccccc2C3=O)c2c1C(=O)c1ccccc1C2=O. The van der Waals surface area contributed by atoms with Crippen LogP contribution in [0.25, 0.3) is 11.1 Å². The standard InChI is InChI=1S/C28H16N2O4.C2H6/c29-19-11-9-13(21-23(19)27(33)17-7-3-1-5-15(17)25(21)31)14-10-12-20(30)24-22(14)26(32)16-6-2-4-8-18(16)28(24)34;1-2/h1-12H,29-30H2;1-2H3. The van der Waals surface area contributed by atoms with Crippen LogP contribution in [0.3, 0.4) is 0 Å². The predicted molar refractivity (Wildman–Crippen MR) is 139 cm³/mol. The summed E-state index contributed by atoms with van der Waals surface area (Å²) in [6.45, 7) is 4.00. The fourth-order valence-electron chi connectivity index (χ4n) is 4.94. The molecule has 6 nitrogen and oxygen atoms in total. The predicted octanol–water partition coefficient (Wildman–Crippen LogP) is 5.10. The highest BCUT2D eigenvalue weighted by Crippen LogP contribution is 2.42. The monoisotopic (exact) mass is 474 g/mol. The minimum atomic E-state index is -0.368. The second-order valence-corrected chi connectivity index (χ2v) is 8.31. The zero-order valence-corrected chi connectivity index (χ0v) is 19.7. The average Bonchev–Trinajstić information content (AvgIpc) is 2.91. The topological polar surface area (TPSA) is 120 Å². The summed E-state index contributed by atoms with van der Waals surface area (Å²) < 4.78 is 0. The van der Waals surface area contributed by atoms with E-state index in [1.807, 2.05) is 13.8 Å². The van der Waals surface area contributed by atoms with Crippen LogP contribution in [0.2, 0.25) is 0 Å².